The summed E-state index contributed by atoms with van der Waals surface area (Å²) in [4.78, 5) is 13.6. The van der Waals surface area contributed by atoms with Crippen molar-refractivity contribution in [2.45, 2.75) is 33.4 Å². The molecule has 0 saturated heterocycles. The van der Waals surface area contributed by atoms with Gasteiger partial charge in [0, 0.05) is 12.2 Å². The lowest BCUT2D eigenvalue weighted by Crippen LogP contribution is -2.33. The fourth-order valence-electron chi connectivity index (χ4n) is 2.50. The molecular formula is C14H21N5O2. The fraction of sp³-hybridized carbons (Fsp3) is 0.500. The van der Waals surface area contributed by atoms with Gasteiger partial charge in [-0.05, 0) is 31.5 Å². The first-order chi connectivity index (χ1) is 10.1. The third-order valence-corrected chi connectivity index (χ3v) is 3.69. The molecule has 0 fully saturated rings. The summed E-state index contributed by atoms with van der Waals surface area (Å²) in [6.07, 6.45) is 4.37. The molecule has 21 heavy (non-hydrogen) atoms. The average Bonchev–Trinajstić information content (AvgIpc) is 2.94. The van der Waals surface area contributed by atoms with Gasteiger partial charge in [0.05, 0.1) is 18.8 Å². The van der Waals surface area contributed by atoms with Crippen molar-refractivity contribution in [3.05, 3.63) is 29.2 Å². The summed E-state index contributed by atoms with van der Waals surface area (Å²) in [7, 11) is 0. The largest absolute Gasteiger partial charge is 0.367 e. The van der Waals surface area contributed by atoms with Crippen LogP contribution in [0.5, 0.6) is 0 Å². The first-order valence-corrected chi connectivity index (χ1v) is 7.01. The van der Waals surface area contributed by atoms with Crippen LogP contribution in [0.15, 0.2) is 17.8 Å². The van der Waals surface area contributed by atoms with Crippen molar-refractivity contribution in [3.63, 3.8) is 0 Å². The maximum atomic E-state index is 11.4. The standard InChI is InChI=1S/C14H21N5O2/c1-3-11(6-10(2)8-15)18-4-5-19-12(9-18)7-13(16-19)14(20)17-21/h3,7-8,10,15,21H,4-6,9H2,1-2H3,(H,17,20). The Hall–Kier alpha value is -2.15. The zero-order valence-electron chi connectivity index (χ0n) is 12.3. The van der Waals surface area contributed by atoms with E-state index in [1.54, 1.807) is 16.2 Å². The van der Waals surface area contributed by atoms with Crippen LogP contribution in [-0.2, 0) is 13.1 Å². The molecule has 114 valence electrons. The van der Waals surface area contributed by atoms with E-state index in [1.165, 1.54) is 11.9 Å². The average molecular weight is 291 g/mol. The number of hydrogen-bond acceptors (Lipinski definition) is 5. The number of hydroxylamine groups is 1. The fourth-order valence-corrected chi connectivity index (χ4v) is 2.50. The quantitative estimate of drug-likeness (QED) is 0.434. The molecule has 3 N–H and O–H groups in total. The number of carbonyl (C=O) groups is 1. The van der Waals surface area contributed by atoms with E-state index in [-0.39, 0.29) is 11.6 Å². The van der Waals surface area contributed by atoms with E-state index in [1.807, 2.05) is 13.8 Å². The summed E-state index contributed by atoms with van der Waals surface area (Å²) in [5, 5.41) is 20.2. The van der Waals surface area contributed by atoms with E-state index in [2.05, 4.69) is 16.1 Å². The van der Waals surface area contributed by atoms with E-state index >= 15 is 0 Å². The lowest BCUT2D eigenvalue weighted by molar-refractivity contribution is 0.0699. The molecule has 0 saturated carbocycles. The van der Waals surface area contributed by atoms with E-state index in [4.69, 9.17) is 10.6 Å². The van der Waals surface area contributed by atoms with Gasteiger partial charge >= 0.3 is 0 Å². The van der Waals surface area contributed by atoms with Crippen molar-refractivity contribution in [1.29, 1.82) is 5.41 Å². The molecule has 7 heteroatoms. The Bertz CT molecular complexity index is 564. The molecule has 7 nitrogen and oxygen atoms in total. The second-order valence-corrected chi connectivity index (χ2v) is 5.23. The van der Waals surface area contributed by atoms with Gasteiger partial charge in [-0.2, -0.15) is 5.10 Å². The van der Waals surface area contributed by atoms with Crippen LogP contribution >= 0.6 is 0 Å². The van der Waals surface area contributed by atoms with Gasteiger partial charge in [0.2, 0.25) is 0 Å². The molecule has 2 rings (SSSR count). The molecule has 1 unspecified atom stereocenters. The first kappa shape index (κ1) is 15.2. The summed E-state index contributed by atoms with van der Waals surface area (Å²) in [6, 6.07) is 1.70. The number of carbonyl (C=O) groups excluding carboxylic acids is 1. The van der Waals surface area contributed by atoms with Crippen molar-refractivity contribution >= 4 is 12.1 Å². The Balaban J connectivity index is 2.13. The van der Waals surface area contributed by atoms with Crippen LogP contribution in [0.25, 0.3) is 0 Å². The van der Waals surface area contributed by atoms with Crippen LogP contribution in [0.1, 0.15) is 36.5 Å². The van der Waals surface area contributed by atoms with Crippen LogP contribution in [-0.4, -0.2) is 38.6 Å². The molecule has 1 aromatic rings. The highest BCUT2D eigenvalue weighted by Gasteiger charge is 2.22. The molecule has 1 aliphatic rings. The summed E-state index contributed by atoms with van der Waals surface area (Å²) in [6.45, 7) is 6.22. The highest BCUT2D eigenvalue weighted by molar-refractivity contribution is 5.91. The predicted molar refractivity (Wildman–Crippen MR) is 78.2 cm³/mol. The summed E-state index contributed by atoms with van der Waals surface area (Å²) >= 11 is 0. The summed E-state index contributed by atoms with van der Waals surface area (Å²) < 4.78 is 1.80. The maximum Gasteiger partial charge on any atom is 0.295 e. The minimum absolute atomic E-state index is 0.207. The normalized spacial score (nSPS) is 16.3. The van der Waals surface area contributed by atoms with Gasteiger partial charge in [-0.25, -0.2) is 5.48 Å². The first-order valence-electron chi connectivity index (χ1n) is 7.01. The van der Waals surface area contributed by atoms with Gasteiger partial charge in [0.15, 0.2) is 5.69 Å². The lowest BCUT2D eigenvalue weighted by Gasteiger charge is -2.32. The zero-order valence-corrected chi connectivity index (χ0v) is 12.3. The molecule has 2 heterocycles. The molecule has 0 aromatic carbocycles. The third-order valence-electron chi connectivity index (χ3n) is 3.69. The van der Waals surface area contributed by atoms with Crippen molar-refractivity contribution in [2.24, 2.45) is 5.92 Å². The second-order valence-electron chi connectivity index (χ2n) is 5.23. The van der Waals surface area contributed by atoms with Crippen molar-refractivity contribution < 1.29 is 10.0 Å². The molecule has 1 aromatic heterocycles. The SMILES string of the molecule is CC=C(CC(C)C=N)N1CCn2nc(C(=O)NO)cc2C1. The molecule has 0 bridgehead atoms. The summed E-state index contributed by atoms with van der Waals surface area (Å²) in [5.41, 5.74) is 3.98. The Labute approximate surface area is 123 Å². The van der Waals surface area contributed by atoms with E-state index < -0.39 is 5.91 Å². The van der Waals surface area contributed by atoms with Crippen molar-refractivity contribution in [1.82, 2.24) is 20.2 Å². The van der Waals surface area contributed by atoms with Gasteiger partial charge in [-0.1, -0.05) is 13.0 Å². The van der Waals surface area contributed by atoms with Gasteiger partial charge in [-0.15, -0.1) is 0 Å². The molecule has 1 atom stereocenters. The van der Waals surface area contributed by atoms with Gasteiger partial charge in [-0.3, -0.25) is 14.7 Å². The monoisotopic (exact) mass is 291 g/mol. The van der Waals surface area contributed by atoms with Crippen LogP contribution < -0.4 is 5.48 Å². The highest BCUT2D eigenvalue weighted by Crippen LogP contribution is 2.21. The predicted octanol–water partition coefficient (Wildman–Crippen LogP) is 1.40. The molecule has 1 amide bonds. The van der Waals surface area contributed by atoms with Gasteiger partial charge < -0.3 is 10.3 Å². The van der Waals surface area contributed by atoms with Crippen LogP contribution in [0.3, 0.4) is 0 Å². The minimum Gasteiger partial charge on any atom is -0.367 e. The maximum absolute atomic E-state index is 11.4. The number of nitrogens with zero attached hydrogens (tertiary/aromatic N) is 3. The Morgan fingerprint density at radius 3 is 3.00 bits per heavy atom. The molecule has 0 radical (unpaired) electrons. The Morgan fingerprint density at radius 1 is 1.62 bits per heavy atom. The number of rotatable bonds is 5. The topological polar surface area (TPSA) is 94.2 Å². The zero-order chi connectivity index (χ0) is 15.4. The molecular weight excluding hydrogens is 270 g/mol. The number of hydrogen-bond donors (Lipinski definition) is 3. The number of amides is 1. The highest BCUT2D eigenvalue weighted by atomic mass is 16.5. The minimum atomic E-state index is -0.591. The van der Waals surface area contributed by atoms with Crippen molar-refractivity contribution in [3.8, 4) is 0 Å². The van der Waals surface area contributed by atoms with Crippen LogP contribution in [0.2, 0.25) is 0 Å². The number of nitrogens with one attached hydrogen (secondary N) is 2. The lowest BCUT2D eigenvalue weighted by atomic mass is 10.1. The number of fused-ring (bicyclic) bond motifs is 1. The molecule has 0 aliphatic carbocycles. The smallest absolute Gasteiger partial charge is 0.295 e. The van der Waals surface area contributed by atoms with Gasteiger partial charge in [0.25, 0.3) is 5.91 Å². The van der Waals surface area contributed by atoms with Crippen molar-refractivity contribution in [2.75, 3.05) is 6.54 Å². The van der Waals surface area contributed by atoms with Gasteiger partial charge in [0.1, 0.15) is 0 Å². The van der Waals surface area contributed by atoms with E-state index in [0.29, 0.717) is 13.1 Å². The van der Waals surface area contributed by atoms with E-state index in [0.717, 1.165) is 18.7 Å². The second kappa shape index (κ2) is 6.53. The molecule has 0 spiro atoms. The number of allylic oxidation sites excluding steroid dienone is 2. The van der Waals surface area contributed by atoms with Crippen LogP contribution in [0, 0.1) is 11.3 Å². The Morgan fingerprint density at radius 2 is 2.38 bits per heavy atom. The third kappa shape index (κ3) is 3.30. The van der Waals surface area contributed by atoms with E-state index in [9.17, 15) is 4.79 Å². The number of aromatic nitrogens is 2. The van der Waals surface area contributed by atoms with Crippen LogP contribution in [0.4, 0.5) is 0 Å². The summed E-state index contributed by atoms with van der Waals surface area (Å²) in [5.74, 6) is -0.383. The Kier molecular flexibility index (Phi) is 4.74. The molecule has 1 aliphatic heterocycles.